The normalized spacial score (nSPS) is 28.3. The first-order valence-electron chi connectivity index (χ1n) is 5.60. The molecule has 5 nitrogen and oxygen atoms in total. The van der Waals surface area contributed by atoms with Gasteiger partial charge in [-0.3, -0.25) is 0 Å². The van der Waals surface area contributed by atoms with Crippen molar-refractivity contribution in [1.82, 2.24) is 10.2 Å². The topological polar surface area (TPSA) is 61.8 Å². The zero-order valence-electron chi connectivity index (χ0n) is 8.82. The van der Waals surface area contributed by atoms with Crippen molar-refractivity contribution in [1.29, 1.82) is 0 Å². The second-order valence-corrected chi connectivity index (χ2v) is 4.22. The van der Waals surface area contributed by atoms with E-state index in [2.05, 4.69) is 5.32 Å². The second kappa shape index (κ2) is 4.81. The van der Waals surface area contributed by atoms with E-state index in [-0.39, 0.29) is 6.10 Å². The van der Waals surface area contributed by atoms with Crippen molar-refractivity contribution in [2.24, 2.45) is 0 Å². The van der Waals surface area contributed by atoms with Crippen molar-refractivity contribution in [2.75, 3.05) is 26.2 Å². The summed E-state index contributed by atoms with van der Waals surface area (Å²) in [6, 6.07) is 0. The molecule has 2 saturated heterocycles. The van der Waals surface area contributed by atoms with Crippen molar-refractivity contribution < 1.29 is 14.6 Å². The summed E-state index contributed by atoms with van der Waals surface area (Å²) in [6.07, 6.45) is 2.55. The highest BCUT2D eigenvalue weighted by atomic mass is 16.5. The van der Waals surface area contributed by atoms with E-state index in [0.717, 1.165) is 32.4 Å². The quantitative estimate of drug-likeness (QED) is 0.703. The van der Waals surface area contributed by atoms with Crippen LogP contribution in [0.2, 0.25) is 0 Å². The van der Waals surface area contributed by atoms with E-state index in [1.54, 1.807) is 0 Å². The van der Waals surface area contributed by atoms with Gasteiger partial charge in [-0.05, 0) is 32.4 Å². The number of amides is 1. The lowest BCUT2D eigenvalue weighted by Crippen LogP contribution is -2.36. The first kappa shape index (κ1) is 10.7. The molecule has 0 aromatic rings. The van der Waals surface area contributed by atoms with Gasteiger partial charge in [0, 0.05) is 6.54 Å². The van der Waals surface area contributed by atoms with E-state index in [1.165, 1.54) is 4.90 Å². The Balaban J connectivity index is 1.74. The number of hydrogen-bond acceptors (Lipinski definition) is 3. The molecule has 1 amide bonds. The van der Waals surface area contributed by atoms with Gasteiger partial charge < -0.3 is 20.1 Å². The maximum Gasteiger partial charge on any atom is 0.407 e. The third-order valence-electron chi connectivity index (χ3n) is 3.09. The molecule has 0 radical (unpaired) electrons. The zero-order chi connectivity index (χ0) is 10.7. The van der Waals surface area contributed by atoms with Crippen LogP contribution in [-0.4, -0.2) is 54.5 Å². The van der Waals surface area contributed by atoms with Gasteiger partial charge in [0.15, 0.2) is 0 Å². The number of nitrogens with zero attached hydrogens (tertiary/aromatic N) is 1. The summed E-state index contributed by atoms with van der Waals surface area (Å²) in [5.74, 6) is 0. The highest BCUT2D eigenvalue weighted by Crippen LogP contribution is 2.18. The molecule has 0 bridgehead atoms. The van der Waals surface area contributed by atoms with E-state index in [1.807, 2.05) is 0 Å². The van der Waals surface area contributed by atoms with Gasteiger partial charge in [0.05, 0.1) is 18.8 Å². The number of likely N-dealkylation sites (tertiary alicyclic amines) is 1. The van der Waals surface area contributed by atoms with Crippen LogP contribution in [0.15, 0.2) is 0 Å². The number of piperidine rings is 1. The summed E-state index contributed by atoms with van der Waals surface area (Å²) in [5.41, 5.74) is 0. The molecule has 2 aliphatic heterocycles. The van der Waals surface area contributed by atoms with Gasteiger partial charge in [0.2, 0.25) is 0 Å². The van der Waals surface area contributed by atoms with Crippen LogP contribution in [-0.2, 0) is 4.74 Å². The number of carbonyl (C=O) groups is 1. The number of rotatable bonds is 2. The van der Waals surface area contributed by atoms with E-state index in [0.29, 0.717) is 19.2 Å². The first-order chi connectivity index (χ1) is 7.25. The van der Waals surface area contributed by atoms with Crippen LogP contribution in [0, 0.1) is 0 Å². The molecule has 15 heavy (non-hydrogen) atoms. The fourth-order valence-electron chi connectivity index (χ4n) is 2.22. The van der Waals surface area contributed by atoms with Gasteiger partial charge in [-0.1, -0.05) is 0 Å². The average Bonchev–Trinajstić information content (AvgIpc) is 2.68. The molecule has 86 valence electrons. The molecule has 0 aromatic carbocycles. The molecule has 0 spiro atoms. The van der Waals surface area contributed by atoms with Gasteiger partial charge in [-0.2, -0.15) is 0 Å². The Morgan fingerprint density at radius 3 is 2.60 bits per heavy atom. The summed E-state index contributed by atoms with van der Waals surface area (Å²) in [7, 11) is 0. The summed E-state index contributed by atoms with van der Waals surface area (Å²) >= 11 is 0. The minimum absolute atomic E-state index is 0.115. The van der Waals surface area contributed by atoms with Crippen LogP contribution in [0.1, 0.15) is 19.3 Å². The largest absolute Gasteiger partial charge is 0.465 e. The number of nitrogens with one attached hydrogen (secondary N) is 1. The van der Waals surface area contributed by atoms with Gasteiger partial charge in [-0.15, -0.1) is 0 Å². The number of ether oxygens (including phenoxy) is 1. The smallest absolute Gasteiger partial charge is 0.407 e. The third-order valence-corrected chi connectivity index (χ3v) is 3.09. The maximum absolute atomic E-state index is 10.7. The first-order valence-corrected chi connectivity index (χ1v) is 5.60. The monoisotopic (exact) mass is 214 g/mol. The molecule has 2 N–H and O–H groups in total. The average molecular weight is 214 g/mol. The Kier molecular flexibility index (Phi) is 3.43. The maximum atomic E-state index is 10.7. The lowest BCUT2D eigenvalue weighted by molar-refractivity contribution is -0.0201. The van der Waals surface area contributed by atoms with Crippen molar-refractivity contribution in [2.45, 2.75) is 31.5 Å². The molecular weight excluding hydrogens is 196 g/mol. The number of carboxylic acid groups (broad SMARTS) is 1. The van der Waals surface area contributed by atoms with Gasteiger partial charge in [-0.25, -0.2) is 4.79 Å². The predicted octanol–water partition coefficient (Wildman–Crippen LogP) is 0.507. The van der Waals surface area contributed by atoms with E-state index < -0.39 is 6.09 Å². The molecular formula is C10H18N2O3. The Morgan fingerprint density at radius 2 is 2.00 bits per heavy atom. The van der Waals surface area contributed by atoms with E-state index in [4.69, 9.17) is 9.84 Å². The summed E-state index contributed by atoms with van der Waals surface area (Å²) in [6.45, 7) is 3.18. The van der Waals surface area contributed by atoms with Gasteiger partial charge >= 0.3 is 6.09 Å². The molecule has 2 aliphatic rings. The predicted molar refractivity (Wildman–Crippen MR) is 55.0 cm³/mol. The van der Waals surface area contributed by atoms with Crippen LogP contribution in [0.5, 0.6) is 0 Å². The minimum Gasteiger partial charge on any atom is -0.465 e. The van der Waals surface area contributed by atoms with Crippen LogP contribution in [0.4, 0.5) is 4.79 Å². The number of hydrogen-bond donors (Lipinski definition) is 2. The fourth-order valence-corrected chi connectivity index (χ4v) is 2.22. The van der Waals surface area contributed by atoms with Crippen molar-refractivity contribution in [3.63, 3.8) is 0 Å². The second-order valence-electron chi connectivity index (χ2n) is 4.22. The zero-order valence-corrected chi connectivity index (χ0v) is 8.82. The highest BCUT2D eigenvalue weighted by molar-refractivity contribution is 5.65. The van der Waals surface area contributed by atoms with Crippen molar-refractivity contribution in [3.05, 3.63) is 0 Å². The van der Waals surface area contributed by atoms with E-state index >= 15 is 0 Å². The summed E-state index contributed by atoms with van der Waals surface area (Å²) in [4.78, 5) is 12.1. The van der Waals surface area contributed by atoms with Crippen LogP contribution >= 0.6 is 0 Å². The molecule has 0 aromatic heterocycles. The van der Waals surface area contributed by atoms with Crippen LogP contribution in [0.25, 0.3) is 0 Å². The van der Waals surface area contributed by atoms with Gasteiger partial charge in [0.1, 0.15) is 0 Å². The molecule has 0 saturated carbocycles. The van der Waals surface area contributed by atoms with Crippen molar-refractivity contribution in [3.8, 4) is 0 Å². The highest BCUT2D eigenvalue weighted by Gasteiger charge is 2.28. The Hall–Kier alpha value is -0.810. The molecule has 0 unspecified atom stereocenters. The van der Waals surface area contributed by atoms with Crippen LogP contribution < -0.4 is 5.32 Å². The standard InChI is InChI=1S/C10H18N2O3/c13-10(14)12-6-3-9(7-12)15-8-1-4-11-5-2-8/h8-9,11H,1-7H2,(H,13,14)/t9-/m0/s1. The Bertz CT molecular complexity index is 229. The molecule has 2 fully saturated rings. The van der Waals surface area contributed by atoms with Crippen molar-refractivity contribution >= 4 is 6.09 Å². The lowest BCUT2D eigenvalue weighted by atomic mass is 10.1. The Morgan fingerprint density at radius 1 is 1.27 bits per heavy atom. The minimum atomic E-state index is -0.827. The Labute approximate surface area is 89.4 Å². The molecule has 2 rings (SSSR count). The fraction of sp³-hybridized carbons (Fsp3) is 0.900. The molecule has 2 heterocycles. The lowest BCUT2D eigenvalue weighted by Gasteiger charge is -2.26. The van der Waals surface area contributed by atoms with Crippen LogP contribution in [0.3, 0.4) is 0 Å². The third kappa shape index (κ3) is 2.82. The molecule has 0 aliphatic carbocycles. The SMILES string of the molecule is O=C(O)N1CC[C@H](OC2CCNCC2)C1. The summed E-state index contributed by atoms with van der Waals surface area (Å²) in [5, 5.41) is 12.1. The van der Waals surface area contributed by atoms with E-state index in [9.17, 15) is 4.79 Å². The van der Waals surface area contributed by atoms with Gasteiger partial charge in [0.25, 0.3) is 0 Å². The molecule has 1 atom stereocenters. The summed E-state index contributed by atoms with van der Waals surface area (Å²) < 4.78 is 5.89. The molecule has 5 heteroatoms.